The van der Waals surface area contributed by atoms with Gasteiger partial charge in [0.1, 0.15) is 17.0 Å². The molecular formula is C49H35N3O. The van der Waals surface area contributed by atoms with E-state index >= 15 is 0 Å². The molecule has 0 saturated heterocycles. The van der Waals surface area contributed by atoms with Gasteiger partial charge in [-0.3, -0.25) is 0 Å². The lowest BCUT2D eigenvalue weighted by molar-refractivity contribution is 0.660. The van der Waals surface area contributed by atoms with Crippen LogP contribution in [-0.4, -0.2) is 15.0 Å². The summed E-state index contributed by atoms with van der Waals surface area (Å²) in [6.45, 7) is 0. The molecule has 2 unspecified atom stereocenters. The summed E-state index contributed by atoms with van der Waals surface area (Å²) < 4.78 is 6.77. The second-order valence-electron chi connectivity index (χ2n) is 13.8. The summed E-state index contributed by atoms with van der Waals surface area (Å²) in [5, 5.41) is 4.56. The largest absolute Gasteiger partial charge is 0.455 e. The van der Waals surface area contributed by atoms with Gasteiger partial charge in [-0.1, -0.05) is 170 Å². The summed E-state index contributed by atoms with van der Waals surface area (Å²) >= 11 is 0. The van der Waals surface area contributed by atoms with E-state index in [1.807, 2.05) is 18.2 Å². The number of benzene rings is 6. The molecule has 252 valence electrons. The maximum atomic E-state index is 6.77. The lowest BCUT2D eigenvalue weighted by atomic mass is 9.90. The van der Waals surface area contributed by atoms with Crippen molar-refractivity contribution in [1.82, 2.24) is 15.0 Å². The number of hydrogen-bond donors (Lipinski definition) is 0. The molecule has 53 heavy (non-hydrogen) atoms. The fourth-order valence-corrected chi connectivity index (χ4v) is 7.84. The minimum Gasteiger partial charge on any atom is -0.455 e. The van der Waals surface area contributed by atoms with Crippen LogP contribution in [0.3, 0.4) is 0 Å². The molecule has 0 bridgehead atoms. The Morgan fingerprint density at radius 2 is 1.15 bits per heavy atom. The maximum Gasteiger partial charge on any atom is 0.163 e. The first-order chi connectivity index (χ1) is 26.3. The highest BCUT2D eigenvalue weighted by molar-refractivity contribution is 6.19. The molecule has 0 aliphatic heterocycles. The first kappa shape index (κ1) is 31.1. The number of para-hydroxylation sites is 1. The van der Waals surface area contributed by atoms with E-state index in [9.17, 15) is 0 Å². The zero-order chi connectivity index (χ0) is 35.1. The van der Waals surface area contributed by atoms with Crippen molar-refractivity contribution in [3.63, 3.8) is 0 Å². The van der Waals surface area contributed by atoms with Gasteiger partial charge in [-0.2, -0.15) is 0 Å². The van der Waals surface area contributed by atoms with E-state index in [0.29, 0.717) is 17.6 Å². The van der Waals surface area contributed by atoms with E-state index in [1.54, 1.807) is 0 Å². The minimum absolute atomic E-state index is 0.0555. The lowest BCUT2D eigenvalue weighted by Crippen LogP contribution is -2.08. The third-order valence-electron chi connectivity index (χ3n) is 10.6. The molecular weight excluding hydrogens is 647 g/mol. The fraction of sp³-hybridized carbons (Fsp3) is 0.0816. The van der Waals surface area contributed by atoms with Gasteiger partial charge in [0, 0.05) is 44.7 Å². The number of fused-ring (bicyclic) bond motifs is 5. The van der Waals surface area contributed by atoms with Crippen LogP contribution in [0.5, 0.6) is 0 Å². The van der Waals surface area contributed by atoms with Crippen molar-refractivity contribution >= 4 is 38.3 Å². The molecule has 4 nitrogen and oxygen atoms in total. The van der Waals surface area contributed by atoms with Crippen LogP contribution in [0.1, 0.15) is 41.6 Å². The van der Waals surface area contributed by atoms with Crippen LogP contribution in [0.4, 0.5) is 0 Å². The van der Waals surface area contributed by atoms with Crippen LogP contribution in [0.2, 0.25) is 0 Å². The Balaban J connectivity index is 1.04. The molecule has 0 fully saturated rings. The van der Waals surface area contributed by atoms with Crippen LogP contribution in [0, 0.1) is 0 Å². The smallest absolute Gasteiger partial charge is 0.163 e. The number of nitrogens with zero attached hydrogens (tertiary/aromatic N) is 3. The lowest BCUT2D eigenvalue weighted by Gasteiger charge is -2.17. The van der Waals surface area contributed by atoms with Crippen LogP contribution in [0.15, 0.2) is 180 Å². The molecule has 2 aliphatic carbocycles. The predicted octanol–water partition coefficient (Wildman–Crippen LogP) is 12.7. The van der Waals surface area contributed by atoms with Crippen molar-refractivity contribution in [2.45, 2.75) is 24.7 Å². The summed E-state index contributed by atoms with van der Waals surface area (Å²) in [4.78, 5) is 15.1. The molecule has 0 saturated carbocycles. The Morgan fingerprint density at radius 1 is 0.491 bits per heavy atom. The Labute approximate surface area is 308 Å². The van der Waals surface area contributed by atoms with E-state index in [1.165, 1.54) is 22.3 Å². The fourth-order valence-electron chi connectivity index (χ4n) is 7.84. The summed E-state index contributed by atoms with van der Waals surface area (Å²) in [5.74, 6) is 2.49. The molecule has 0 amide bonds. The Morgan fingerprint density at radius 3 is 1.87 bits per heavy atom. The van der Waals surface area contributed by atoms with Crippen molar-refractivity contribution in [3.8, 4) is 33.9 Å². The molecule has 4 heteroatoms. The normalized spacial score (nSPS) is 16.8. The van der Waals surface area contributed by atoms with Gasteiger partial charge in [0.15, 0.2) is 11.6 Å². The van der Waals surface area contributed by atoms with Gasteiger partial charge in [-0.05, 0) is 46.6 Å². The maximum absolute atomic E-state index is 6.77. The van der Waals surface area contributed by atoms with Crippen molar-refractivity contribution in [2.75, 3.05) is 0 Å². The van der Waals surface area contributed by atoms with Gasteiger partial charge in [-0.25, -0.2) is 15.0 Å². The third-order valence-corrected chi connectivity index (χ3v) is 10.6. The number of hydrogen-bond acceptors (Lipinski definition) is 4. The van der Waals surface area contributed by atoms with Crippen LogP contribution < -0.4 is 0 Å². The Kier molecular flexibility index (Phi) is 7.72. The number of rotatable bonds is 6. The molecule has 0 spiro atoms. The minimum atomic E-state index is 0.0555. The van der Waals surface area contributed by atoms with E-state index in [-0.39, 0.29) is 5.92 Å². The van der Waals surface area contributed by atoms with Crippen molar-refractivity contribution < 1.29 is 4.42 Å². The van der Waals surface area contributed by atoms with Gasteiger partial charge in [0.25, 0.3) is 0 Å². The summed E-state index contributed by atoms with van der Waals surface area (Å²) in [5.41, 5.74) is 9.81. The molecule has 10 rings (SSSR count). The van der Waals surface area contributed by atoms with Crippen LogP contribution in [0.25, 0.3) is 72.2 Å². The highest BCUT2D eigenvalue weighted by atomic mass is 16.3. The monoisotopic (exact) mass is 681 g/mol. The van der Waals surface area contributed by atoms with Crippen molar-refractivity contribution in [3.05, 3.63) is 193 Å². The molecule has 2 heterocycles. The highest BCUT2D eigenvalue weighted by Crippen LogP contribution is 2.43. The molecule has 0 N–H and O–H groups in total. The first-order valence-electron chi connectivity index (χ1n) is 18.3. The van der Waals surface area contributed by atoms with Crippen LogP contribution in [-0.2, 0) is 0 Å². The van der Waals surface area contributed by atoms with Crippen molar-refractivity contribution in [1.29, 1.82) is 0 Å². The quantitative estimate of drug-likeness (QED) is 0.175. The topological polar surface area (TPSA) is 51.8 Å². The molecule has 2 aromatic heterocycles. The standard InChI is InChI=1S/C49H35N3O/c1-4-13-32(14-5-1)33-23-27-37(28-24-33)48-50-47(36-17-8-3-9-18-36)51-49(52-48)38-29-25-35(26-30-38)43-31-44-42-22-12-21-39(34-15-6-2-7-16-34)45(42)53-46(44)41-20-11-10-19-40(41)43/h1-15,17-27,29-31,34,37H,16,28H2. The van der Waals surface area contributed by atoms with Crippen molar-refractivity contribution in [2.24, 2.45) is 0 Å². The molecule has 8 aromatic rings. The van der Waals surface area contributed by atoms with E-state index in [4.69, 9.17) is 19.4 Å². The van der Waals surface area contributed by atoms with E-state index in [2.05, 4.69) is 158 Å². The van der Waals surface area contributed by atoms with E-state index in [0.717, 1.165) is 68.1 Å². The molecule has 6 aromatic carbocycles. The zero-order valence-electron chi connectivity index (χ0n) is 29.1. The number of furan rings is 1. The third kappa shape index (κ3) is 5.69. The number of allylic oxidation sites excluding steroid dienone is 8. The summed E-state index contributed by atoms with van der Waals surface area (Å²) in [6.07, 6.45) is 17.3. The van der Waals surface area contributed by atoms with Gasteiger partial charge in [0.05, 0.1) is 0 Å². The Hall–Kier alpha value is -6.65. The number of aromatic nitrogens is 3. The molecule has 0 radical (unpaired) electrons. The van der Waals surface area contributed by atoms with Gasteiger partial charge >= 0.3 is 0 Å². The van der Waals surface area contributed by atoms with Gasteiger partial charge in [0.2, 0.25) is 0 Å². The van der Waals surface area contributed by atoms with Gasteiger partial charge < -0.3 is 4.42 Å². The average molecular weight is 682 g/mol. The average Bonchev–Trinajstić information content (AvgIpc) is 3.63. The predicted molar refractivity (Wildman–Crippen MR) is 217 cm³/mol. The zero-order valence-corrected chi connectivity index (χ0v) is 29.1. The molecule has 2 atom stereocenters. The van der Waals surface area contributed by atoms with Gasteiger partial charge in [-0.15, -0.1) is 0 Å². The summed E-state index contributed by atoms with van der Waals surface area (Å²) in [6, 6.07) is 46.8. The second-order valence-corrected chi connectivity index (χ2v) is 13.8. The first-order valence-corrected chi connectivity index (χ1v) is 18.3. The summed E-state index contributed by atoms with van der Waals surface area (Å²) in [7, 11) is 0. The molecule has 2 aliphatic rings. The Bertz CT molecular complexity index is 2770. The SMILES string of the molecule is C1=CCC(c2cccc3c2oc2c4ccccc4c(-c4ccc(-c5nc(-c6ccccc6)nc(C6C=CC(c7ccccc7)=CC6)n5)cc4)cc32)C=C1. The van der Waals surface area contributed by atoms with Crippen LogP contribution >= 0.6 is 0 Å². The van der Waals surface area contributed by atoms with E-state index < -0.39 is 0 Å². The highest BCUT2D eigenvalue weighted by Gasteiger charge is 2.21. The second kappa shape index (κ2) is 13.2.